The Morgan fingerprint density at radius 2 is 1.93 bits per heavy atom. The molecule has 1 aromatic carbocycles. The fourth-order valence-electron chi connectivity index (χ4n) is 3.33. The van der Waals surface area contributed by atoms with E-state index >= 15 is 0 Å². The highest BCUT2D eigenvalue weighted by Gasteiger charge is 2.20. The van der Waals surface area contributed by atoms with Gasteiger partial charge >= 0.3 is 0 Å². The van der Waals surface area contributed by atoms with Gasteiger partial charge in [-0.3, -0.25) is 4.72 Å². The van der Waals surface area contributed by atoms with E-state index in [2.05, 4.69) is 42.8 Å². The second-order valence-electron chi connectivity index (χ2n) is 7.08. The van der Waals surface area contributed by atoms with Crippen LogP contribution in [-0.4, -0.2) is 46.3 Å². The number of hydrogen-bond acceptors (Lipinski definition) is 5. The molecule has 10 heteroatoms. The van der Waals surface area contributed by atoms with Gasteiger partial charge in [-0.05, 0) is 48.9 Å². The molecule has 0 bridgehead atoms. The van der Waals surface area contributed by atoms with Gasteiger partial charge in [0.2, 0.25) is 10.0 Å². The summed E-state index contributed by atoms with van der Waals surface area (Å²) in [4.78, 5) is 7.12. The number of thiophene rings is 1. The second-order valence-corrected chi connectivity index (χ2v) is 9.76. The molecular weight excluding hydrogens is 533 g/mol. The number of para-hydroxylation sites is 1. The van der Waals surface area contributed by atoms with Crippen molar-refractivity contribution in [2.45, 2.75) is 32.4 Å². The lowest BCUT2D eigenvalue weighted by atomic mass is 10.1. The fourth-order valence-corrected chi connectivity index (χ4v) is 4.71. The Morgan fingerprint density at radius 1 is 1.20 bits per heavy atom. The van der Waals surface area contributed by atoms with Gasteiger partial charge in [-0.1, -0.05) is 18.2 Å². The van der Waals surface area contributed by atoms with Crippen LogP contribution in [0, 0.1) is 0 Å². The maximum atomic E-state index is 11.6. The van der Waals surface area contributed by atoms with Crippen molar-refractivity contribution in [3.8, 4) is 0 Å². The monoisotopic (exact) mass is 563 g/mol. The first-order valence-corrected chi connectivity index (χ1v) is 12.6. The predicted octanol–water partition coefficient (Wildman–Crippen LogP) is 3.46. The highest BCUT2D eigenvalue weighted by Crippen LogP contribution is 2.24. The summed E-state index contributed by atoms with van der Waals surface area (Å²) in [7, 11) is -3.33. The third-order valence-electron chi connectivity index (χ3n) is 4.72. The summed E-state index contributed by atoms with van der Waals surface area (Å²) in [5.74, 6) is 0.760. The Labute approximate surface area is 200 Å². The summed E-state index contributed by atoms with van der Waals surface area (Å²) in [5.41, 5.74) is 1.40. The number of halogens is 1. The second kappa shape index (κ2) is 11.8. The number of sulfonamides is 1. The Balaban J connectivity index is 0.00000320. The van der Waals surface area contributed by atoms with E-state index in [0.29, 0.717) is 18.3 Å². The van der Waals surface area contributed by atoms with Gasteiger partial charge < -0.3 is 15.5 Å². The summed E-state index contributed by atoms with van der Waals surface area (Å²) in [6.07, 6.45) is 3.25. The summed E-state index contributed by atoms with van der Waals surface area (Å²) in [5, 5.41) is 10.3. The number of benzene rings is 1. The number of aliphatic imine (C=N–C) groups is 1. The third kappa shape index (κ3) is 7.62. The van der Waals surface area contributed by atoms with Crippen molar-refractivity contribution in [2.75, 3.05) is 35.5 Å². The van der Waals surface area contributed by atoms with Gasteiger partial charge in [0.05, 0.1) is 23.5 Å². The van der Waals surface area contributed by atoms with Gasteiger partial charge in [-0.15, -0.1) is 35.3 Å². The first kappa shape index (κ1) is 24.7. The number of guanidine groups is 1. The van der Waals surface area contributed by atoms with Gasteiger partial charge in [-0.2, -0.15) is 0 Å². The summed E-state index contributed by atoms with van der Waals surface area (Å²) < 4.78 is 25.7. The number of anilines is 2. The van der Waals surface area contributed by atoms with Crippen molar-refractivity contribution in [3.05, 3.63) is 47.3 Å². The van der Waals surface area contributed by atoms with Crippen molar-refractivity contribution in [3.63, 3.8) is 0 Å². The normalized spacial score (nSPS) is 15.4. The van der Waals surface area contributed by atoms with Crippen LogP contribution in [0.3, 0.4) is 0 Å². The molecule has 1 aromatic heterocycles. The molecule has 3 N–H and O–H groups in total. The number of rotatable bonds is 7. The van der Waals surface area contributed by atoms with E-state index < -0.39 is 10.0 Å². The maximum absolute atomic E-state index is 11.6. The molecule has 1 aliphatic rings. The number of hydrogen-bond donors (Lipinski definition) is 3. The molecule has 2 aromatic rings. The van der Waals surface area contributed by atoms with Crippen molar-refractivity contribution in [1.29, 1.82) is 0 Å². The largest absolute Gasteiger partial charge is 0.363 e. The Hall–Kier alpha value is -1.53. The van der Waals surface area contributed by atoms with E-state index in [0.717, 1.165) is 50.3 Å². The zero-order chi connectivity index (χ0) is 20.7. The van der Waals surface area contributed by atoms with Crippen LogP contribution >= 0.6 is 35.3 Å². The number of piperidine rings is 1. The Morgan fingerprint density at radius 3 is 2.57 bits per heavy atom. The van der Waals surface area contributed by atoms with Crippen LogP contribution in [0.5, 0.6) is 0 Å². The van der Waals surface area contributed by atoms with Crippen molar-refractivity contribution >= 4 is 62.0 Å². The summed E-state index contributed by atoms with van der Waals surface area (Å²) >= 11 is 1.78. The molecule has 3 rings (SSSR count). The molecule has 0 spiro atoms. The standard InChI is InChI=1S/C20H29N5O2S2.HI/c1-3-21-20(22-15-16-7-4-5-8-18(16)24-29(2,26)27)23-17-10-12-25(13-11-17)19-9-6-14-28-19;/h4-9,14,17,24H,3,10-13,15H2,1-2H3,(H2,21,22,23);1H. The van der Waals surface area contributed by atoms with Crippen molar-refractivity contribution < 1.29 is 8.42 Å². The van der Waals surface area contributed by atoms with Crippen LogP contribution < -0.4 is 20.3 Å². The van der Waals surface area contributed by atoms with Crippen molar-refractivity contribution in [2.24, 2.45) is 4.99 Å². The fraction of sp³-hybridized carbons (Fsp3) is 0.450. The molecule has 0 aliphatic carbocycles. The predicted molar refractivity (Wildman–Crippen MR) is 138 cm³/mol. The molecule has 0 radical (unpaired) electrons. The van der Waals surface area contributed by atoms with Crippen molar-refractivity contribution in [1.82, 2.24) is 10.6 Å². The SMILES string of the molecule is CCNC(=NCc1ccccc1NS(C)(=O)=O)NC1CCN(c2cccs2)CC1.I. The molecule has 1 fully saturated rings. The molecule has 0 unspecified atom stereocenters. The van der Waals surface area contributed by atoms with Crippen LogP contribution in [0.15, 0.2) is 46.8 Å². The van der Waals surface area contributed by atoms with Gasteiger partial charge in [0.15, 0.2) is 5.96 Å². The van der Waals surface area contributed by atoms with Gasteiger partial charge in [-0.25, -0.2) is 13.4 Å². The lowest BCUT2D eigenvalue weighted by Crippen LogP contribution is -2.48. The first-order valence-electron chi connectivity index (χ1n) is 9.83. The number of nitrogens with zero attached hydrogens (tertiary/aromatic N) is 2. The van der Waals surface area contributed by atoms with E-state index in [9.17, 15) is 8.42 Å². The molecule has 2 heterocycles. The third-order valence-corrected chi connectivity index (χ3v) is 6.24. The zero-order valence-corrected chi connectivity index (χ0v) is 21.3. The van der Waals surface area contributed by atoms with Crippen LogP contribution in [-0.2, 0) is 16.6 Å². The maximum Gasteiger partial charge on any atom is 0.229 e. The quantitative estimate of drug-likeness (QED) is 0.273. The number of nitrogens with one attached hydrogen (secondary N) is 3. The van der Waals surface area contributed by atoms with E-state index in [1.54, 1.807) is 17.4 Å². The van der Waals surface area contributed by atoms with Gasteiger partial charge in [0.25, 0.3) is 0 Å². The summed E-state index contributed by atoms with van der Waals surface area (Å²) in [6.45, 7) is 5.25. The van der Waals surface area contributed by atoms with Crippen LogP contribution in [0.1, 0.15) is 25.3 Å². The average molecular weight is 564 g/mol. The van der Waals surface area contributed by atoms with Gasteiger partial charge in [0.1, 0.15) is 0 Å². The molecule has 1 aliphatic heterocycles. The molecule has 166 valence electrons. The summed E-state index contributed by atoms with van der Waals surface area (Å²) in [6, 6.07) is 12.0. The Kier molecular flexibility index (Phi) is 9.69. The highest BCUT2D eigenvalue weighted by atomic mass is 127. The first-order chi connectivity index (χ1) is 13.9. The van der Waals surface area contributed by atoms with E-state index in [1.807, 2.05) is 25.1 Å². The topological polar surface area (TPSA) is 85.8 Å². The smallest absolute Gasteiger partial charge is 0.229 e. The van der Waals surface area contributed by atoms with E-state index in [4.69, 9.17) is 0 Å². The van der Waals surface area contributed by atoms with Crippen LogP contribution in [0.25, 0.3) is 0 Å². The molecule has 7 nitrogen and oxygen atoms in total. The zero-order valence-electron chi connectivity index (χ0n) is 17.3. The van der Waals surface area contributed by atoms with Crippen LogP contribution in [0.2, 0.25) is 0 Å². The minimum Gasteiger partial charge on any atom is -0.363 e. The minimum absolute atomic E-state index is 0. The molecule has 0 amide bonds. The van der Waals surface area contributed by atoms with E-state index in [-0.39, 0.29) is 24.0 Å². The lowest BCUT2D eigenvalue weighted by molar-refractivity contribution is 0.463. The molecule has 0 atom stereocenters. The Bertz CT molecular complexity index is 911. The molecular formula is C20H30IN5O2S2. The van der Waals surface area contributed by atoms with Crippen LogP contribution in [0.4, 0.5) is 10.7 Å². The minimum atomic E-state index is -3.33. The molecule has 30 heavy (non-hydrogen) atoms. The molecule has 1 saturated heterocycles. The average Bonchev–Trinajstić information content (AvgIpc) is 3.21. The highest BCUT2D eigenvalue weighted by molar-refractivity contribution is 14.0. The molecule has 0 saturated carbocycles. The lowest BCUT2D eigenvalue weighted by Gasteiger charge is -2.33. The van der Waals surface area contributed by atoms with E-state index in [1.165, 1.54) is 5.00 Å². The van der Waals surface area contributed by atoms with Gasteiger partial charge in [0, 0.05) is 25.7 Å².